The van der Waals surface area contributed by atoms with E-state index in [0.717, 1.165) is 17.7 Å². The Hall–Kier alpha value is -2.27. The van der Waals surface area contributed by atoms with Gasteiger partial charge in [0.1, 0.15) is 11.6 Å². The van der Waals surface area contributed by atoms with Crippen LogP contribution < -0.4 is 0 Å². The fourth-order valence-corrected chi connectivity index (χ4v) is 2.18. The number of carbonyl (C=O) groups excluding carboxylic acids is 1. The van der Waals surface area contributed by atoms with Crippen molar-refractivity contribution < 1.29 is 18.7 Å². The number of aliphatic hydroxyl groups excluding tert-OH is 1. The van der Waals surface area contributed by atoms with Crippen molar-refractivity contribution in [2.24, 2.45) is 0 Å². The van der Waals surface area contributed by atoms with Crippen molar-refractivity contribution in [1.29, 1.82) is 0 Å². The van der Waals surface area contributed by atoms with Crippen LogP contribution in [0.25, 0.3) is 0 Å². The van der Waals surface area contributed by atoms with E-state index >= 15 is 0 Å². The molecular weight excluding hydrogens is 288 g/mol. The number of carbonyl (C=O) groups is 1. The van der Waals surface area contributed by atoms with E-state index in [0.29, 0.717) is 19.0 Å². The molecule has 0 bridgehead atoms. The topological polar surface area (TPSA) is 40.5 Å². The molecule has 2 aromatic carbocycles. The minimum absolute atomic E-state index is 0.0997. The fraction of sp³-hybridized carbons (Fsp3) is 0.235. The highest BCUT2D eigenvalue weighted by atomic mass is 19.1. The van der Waals surface area contributed by atoms with Crippen molar-refractivity contribution in [2.75, 3.05) is 19.7 Å². The van der Waals surface area contributed by atoms with E-state index in [4.69, 9.17) is 5.11 Å². The minimum atomic E-state index is -0.896. The second-order valence-electron chi connectivity index (χ2n) is 4.88. The second-order valence-corrected chi connectivity index (χ2v) is 4.88. The Morgan fingerprint density at radius 1 is 1.05 bits per heavy atom. The number of rotatable bonds is 6. The van der Waals surface area contributed by atoms with E-state index in [2.05, 4.69) is 0 Å². The third-order valence-electron chi connectivity index (χ3n) is 3.33. The van der Waals surface area contributed by atoms with Crippen molar-refractivity contribution >= 4 is 5.91 Å². The zero-order chi connectivity index (χ0) is 15.9. The third kappa shape index (κ3) is 4.11. The van der Waals surface area contributed by atoms with Gasteiger partial charge in [-0.15, -0.1) is 0 Å². The van der Waals surface area contributed by atoms with Gasteiger partial charge in [-0.2, -0.15) is 0 Å². The Bertz CT molecular complexity index is 632. The standard InChI is InChI=1S/C17H17F2NO2/c18-14-6-7-15(16(19)12-14)17(22)20(10-11-21)9-8-13-4-2-1-3-5-13/h1-7,12,21H,8-11H2. The van der Waals surface area contributed by atoms with Gasteiger partial charge >= 0.3 is 0 Å². The summed E-state index contributed by atoms with van der Waals surface area (Å²) in [7, 11) is 0. The first-order valence-electron chi connectivity index (χ1n) is 7.01. The van der Waals surface area contributed by atoms with Crippen LogP contribution in [0.3, 0.4) is 0 Å². The number of nitrogens with zero attached hydrogens (tertiary/aromatic N) is 1. The zero-order valence-electron chi connectivity index (χ0n) is 12.0. The van der Waals surface area contributed by atoms with E-state index in [1.165, 1.54) is 4.90 Å². The smallest absolute Gasteiger partial charge is 0.256 e. The first-order valence-corrected chi connectivity index (χ1v) is 7.01. The molecule has 116 valence electrons. The van der Waals surface area contributed by atoms with E-state index in [1.54, 1.807) is 0 Å². The van der Waals surface area contributed by atoms with Gasteiger partial charge in [-0.25, -0.2) is 8.78 Å². The SMILES string of the molecule is O=C(c1ccc(F)cc1F)N(CCO)CCc1ccccc1. The second kappa shape index (κ2) is 7.66. The maximum Gasteiger partial charge on any atom is 0.256 e. The summed E-state index contributed by atoms with van der Waals surface area (Å²) in [4.78, 5) is 13.7. The highest BCUT2D eigenvalue weighted by Gasteiger charge is 2.19. The highest BCUT2D eigenvalue weighted by Crippen LogP contribution is 2.13. The van der Waals surface area contributed by atoms with Gasteiger partial charge in [0.25, 0.3) is 5.91 Å². The summed E-state index contributed by atoms with van der Waals surface area (Å²) >= 11 is 0. The molecule has 1 amide bonds. The van der Waals surface area contributed by atoms with Crippen LogP contribution in [-0.4, -0.2) is 35.6 Å². The zero-order valence-corrected chi connectivity index (χ0v) is 12.0. The van der Waals surface area contributed by atoms with Gasteiger partial charge < -0.3 is 10.0 Å². The molecule has 0 saturated carbocycles. The molecule has 0 atom stereocenters. The Labute approximate surface area is 127 Å². The fourth-order valence-electron chi connectivity index (χ4n) is 2.18. The Kier molecular flexibility index (Phi) is 5.61. The van der Waals surface area contributed by atoms with Gasteiger partial charge in [-0.1, -0.05) is 30.3 Å². The molecule has 1 N–H and O–H groups in total. The van der Waals surface area contributed by atoms with Gasteiger partial charge in [0, 0.05) is 19.2 Å². The van der Waals surface area contributed by atoms with E-state index in [1.807, 2.05) is 30.3 Å². The summed E-state index contributed by atoms with van der Waals surface area (Å²) in [5.41, 5.74) is 0.848. The van der Waals surface area contributed by atoms with Crippen LogP contribution in [0.5, 0.6) is 0 Å². The number of aliphatic hydroxyl groups is 1. The quantitative estimate of drug-likeness (QED) is 0.891. The Morgan fingerprint density at radius 2 is 1.77 bits per heavy atom. The van der Waals surface area contributed by atoms with E-state index < -0.39 is 17.5 Å². The first-order chi connectivity index (χ1) is 10.6. The molecule has 0 saturated heterocycles. The molecule has 3 nitrogen and oxygen atoms in total. The van der Waals surface area contributed by atoms with Crippen LogP contribution in [-0.2, 0) is 6.42 Å². The summed E-state index contributed by atoms with van der Waals surface area (Å²) in [6, 6.07) is 12.4. The molecule has 0 heterocycles. The van der Waals surface area contributed by atoms with Gasteiger partial charge in [0.2, 0.25) is 0 Å². The van der Waals surface area contributed by atoms with E-state index in [-0.39, 0.29) is 18.7 Å². The van der Waals surface area contributed by atoms with Crippen LogP contribution in [0.2, 0.25) is 0 Å². The molecule has 0 unspecified atom stereocenters. The largest absolute Gasteiger partial charge is 0.395 e. The molecule has 0 aliphatic carbocycles. The summed E-state index contributed by atoms with van der Waals surface area (Å²) in [6.07, 6.45) is 0.593. The Morgan fingerprint density at radius 3 is 2.41 bits per heavy atom. The minimum Gasteiger partial charge on any atom is -0.395 e. The van der Waals surface area contributed by atoms with Gasteiger partial charge in [-0.3, -0.25) is 4.79 Å². The lowest BCUT2D eigenvalue weighted by atomic mass is 10.1. The number of amides is 1. The summed E-state index contributed by atoms with van der Waals surface area (Å²) in [5, 5.41) is 9.10. The summed E-state index contributed by atoms with van der Waals surface area (Å²) in [6.45, 7) is 0.228. The molecule has 2 rings (SSSR count). The Balaban J connectivity index is 2.11. The molecule has 0 aliphatic heterocycles. The molecule has 0 radical (unpaired) electrons. The lowest BCUT2D eigenvalue weighted by Crippen LogP contribution is -2.35. The van der Waals surface area contributed by atoms with Gasteiger partial charge in [0.05, 0.1) is 12.2 Å². The first kappa shape index (κ1) is 16.1. The monoisotopic (exact) mass is 305 g/mol. The maximum absolute atomic E-state index is 13.7. The number of halogens is 2. The van der Waals surface area contributed by atoms with Crippen LogP contribution in [0, 0.1) is 11.6 Å². The summed E-state index contributed by atoms with van der Waals surface area (Å²) < 4.78 is 26.6. The number of hydrogen-bond acceptors (Lipinski definition) is 2. The highest BCUT2D eigenvalue weighted by molar-refractivity contribution is 5.94. The summed E-state index contributed by atoms with van der Waals surface area (Å²) in [5.74, 6) is -2.18. The number of benzene rings is 2. The average Bonchev–Trinajstić information content (AvgIpc) is 2.52. The van der Waals surface area contributed by atoms with Crippen molar-refractivity contribution in [1.82, 2.24) is 4.90 Å². The number of hydrogen-bond donors (Lipinski definition) is 1. The normalized spacial score (nSPS) is 10.5. The maximum atomic E-state index is 13.7. The van der Waals surface area contributed by atoms with Crippen molar-refractivity contribution in [3.05, 3.63) is 71.3 Å². The lowest BCUT2D eigenvalue weighted by molar-refractivity contribution is 0.0719. The van der Waals surface area contributed by atoms with Gasteiger partial charge in [0.15, 0.2) is 0 Å². The van der Waals surface area contributed by atoms with Crippen LogP contribution >= 0.6 is 0 Å². The molecule has 0 aromatic heterocycles. The molecule has 22 heavy (non-hydrogen) atoms. The predicted octanol–water partition coefficient (Wildman–Crippen LogP) is 2.64. The van der Waals surface area contributed by atoms with Crippen LogP contribution in [0.1, 0.15) is 15.9 Å². The van der Waals surface area contributed by atoms with Crippen LogP contribution in [0.4, 0.5) is 8.78 Å². The molecule has 5 heteroatoms. The molecule has 0 fully saturated rings. The molecule has 2 aromatic rings. The molecule has 0 aliphatic rings. The van der Waals surface area contributed by atoms with Crippen molar-refractivity contribution in [3.63, 3.8) is 0 Å². The van der Waals surface area contributed by atoms with Crippen LogP contribution in [0.15, 0.2) is 48.5 Å². The van der Waals surface area contributed by atoms with Crippen molar-refractivity contribution in [2.45, 2.75) is 6.42 Å². The molecular formula is C17H17F2NO2. The average molecular weight is 305 g/mol. The lowest BCUT2D eigenvalue weighted by Gasteiger charge is -2.22. The van der Waals surface area contributed by atoms with Gasteiger partial charge in [-0.05, 0) is 24.1 Å². The van der Waals surface area contributed by atoms with E-state index in [9.17, 15) is 13.6 Å². The predicted molar refractivity (Wildman–Crippen MR) is 79.5 cm³/mol. The molecule has 0 spiro atoms. The third-order valence-corrected chi connectivity index (χ3v) is 3.33. The van der Waals surface area contributed by atoms with Crippen molar-refractivity contribution in [3.8, 4) is 0 Å².